The molecular weight excluding hydrogens is 428 g/mol. The average Bonchev–Trinajstić information content (AvgIpc) is 3.56. The summed E-state index contributed by atoms with van der Waals surface area (Å²) >= 11 is 0. The summed E-state index contributed by atoms with van der Waals surface area (Å²) in [6.07, 6.45) is 1.54. The third-order valence-corrected chi connectivity index (χ3v) is 7.90. The van der Waals surface area contributed by atoms with Gasteiger partial charge in [0.1, 0.15) is 5.52 Å². The topological polar surface area (TPSA) is 31.0 Å². The molecule has 3 heteroatoms. The SMILES string of the molecule is CC1(C)c2ccccc2-c2c1c1c(c3ccccc23)c2ccccc2n1-c1cccc2ocnc12. The van der Waals surface area contributed by atoms with Gasteiger partial charge in [-0.05, 0) is 51.2 Å². The molecule has 166 valence electrons. The molecule has 2 aromatic heterocycles. The van der Waals surface area contributed by atoms with Crippen LogP contribution in [0, 0.1) is 0 Å². The molecule has 0 saturated carbocycles. The Morgan fingerprint density at radius 2 is 1.49 bits per heavy atom. The first-order valence-corrected chi connectivity index (χ1v) is 12.1. The molecule has 0 aliphatic heterocycles. The Morgan fingerprint density at radius 1 is 0.743 bits per heavy atom. The summed E-state index contributed by atoms with van der Waals surface area (Å²) in [5.41, 5.74) is 10.5. The minimum absolute atomic E-state index is 0.155. The summed E-state index contributed by atoms with van der Waals surface area (Å²) in [6, 6.07) is 32.7. The van der Waals surface area contributed by atoms with Gasteiger partial charge in [0, 0.05) is 16.2 Å². The van der Waals surface area contributed by atoms with Crippen LogP contribution in [0.2, 0.25) is 0 Å². The van der Waals surface area contributed by atoms with Crippen molar-refractivity contribution in [3.8, 4) is 16.8 Å². The highest BCUT2D eigenvalue weighted by Gasteiger charge is 2.40. The van der Waals surface area contributed by atoms with Crippen molar-refractivity contribution in [2.24, 2.45) is 0 Å². The molecule has 35 heavy (non-hydrogen) atoms. The summed E-state index contributed by atoms with van der Waals surface area (Å²) in [5.74, 6) is 0. The first-order valence-electron chi connectivity index (χ1n) is 12.1. The van der Waals surface area contributed by atoms with Crippen LogP contribution in [0.15, 0.2) is 102 Å². The lowest BCUT2D eigenvalue weighted by molar-refractivity contribution is 0.602. The van der Waals surface area contributed by atoms with Crippen LogP contribution in [-0.4, -0.2) is 9.55 Å². The number of oxazole rings is 1. The van der Waals surface area contributed by atoms with E-state index in [0.717, 1.165) is 16.8 Å². The average molecular weight is 451 g/mol. The van der Waals surface area contributed by atoms with Crippen LogP contribution in [0.4, 0.5) is 0 Å². The number of aromatic nitrogens is 2. The van der Waals surface area contributed by atoms with Gasteiger partial charge in [0.2, 0.25) is 0 Å². The first kappa shape index (κ1) is 19.0. The van der Waals surface area contributed by atoms with Gasteiger partial charge in [0.05, 0.1) is 16.7 Å². The van der Waals surface area contributed by atoms with Crippen LogP contribution in [-0.2, 0) is 5.41 Å². The van der Waals surface area contributed by atoms with Gasteiger partial charge < -0.3 is 8.98 Å². The molecular formula is C32H22N2O. The molecule has 1 aliphatic rings. The van der Waals surface area contributed by atoms with Crippen molar-refractivity contribution in [3.05, 3.63) is 109 Å². The highest BCUT2D eigenvalue weighted by atomic mass is 16.3. The van der Waals surface area contributed by atoms with Crippen LogP contribution < -0.4 is 0 Å². The second kappa shape index (κ2) is 6.39. The predicted octanol–water partition coefficient (Wildman–Crippen LogP) is 8.38. The van der Waals surface area contributed by atoms with Gasteiger partial charge in [-0.25, -0.2) is 4.98 Å². The Balaban J connectivity index is 1.72. The molecule has 0 bridgehead atoms. The molecule has 0 atom stereocenters. The van der Waals surface area contributed by atoms with Crippen molar-refractivity contribution in [1.29, 1.82) is 0 Å². The zero-order valence-corrected chi connectivity index (χ0v) is 19.5. The number of nitrogens with zero attached hydrogens (tertiary/aromatic N) is 2. The molecule has 0 unspecified atom stereocenters. The van der Waals surface area contributed by atoms with E-state index in [0.29, 0.717) is 0 Å². The van der Waals surface area contributed by atoms with Crippen molar-refractivity contribution >= 4 is 43.7 Å². The molecule has 0 radical (unpaired) electrons. The largest absolute Gasteiger partial charge is 0.443 e. The quantitative estimate of drug-likeness (QED) is 0.251. The maximum Gasteiger partial charge on any atom is 0.182 e. The minimum atomic E-state index is -0.155. The number of fused-ring (bicyclic) bond motifs is 11. The molecule has 0 spiro atoms. The van der Waals surface area contributed by atoms with Gasteiger partial charge >= 0.3 is 0 Å². The number of hydrogen-bond acceptors (Lipinski definition) is 2. The summed E-state index contributed by atoms with van der Waals surface area (Å²) in [4.78, 5) is 4.63. The van der Waals surface area contributed by atoms with Gasteiger partial charge in [-0.2, -0.15) is 0 Å². The van der Waals surface area contributed by atoms with E-state index in [1.807, 2.05) is 6.07 Å². The fraction of sp³-hybridized carbons (Fsp3) is 0.0938. The molecule has 2 heterocycles. The maximum absolute atomic E-state index is 5.71. The van der Waals surface area contributed by atoms with E-state index in [4.69, 9.17) is 4.42 Å². The molecule has 0 N–H and O–H groups in total. The van der Waals surface area contributed by atoms with Crippen LogP contribution in [0.25, 0.3) is 60.5 Å². The molecule has 5 aromatic carbocycles. The van der Waals surface area contributed by atoms with Gasteiger partial charge in [-0.15, -0.1) is 0 Å². The molecule has 0 fully saturated rings. The summed E-state index contributed by atoms with van der Waals surface area (Å²) in [5, 5.41) is 5.16. The number of hydrogen-bond donors (Lipinski definition) is 0. The van der Waals surface area contributed by atoms with E-state index in [1.54, 1.807) is 6.39 Å². The Labute approximate surface area is 202 Å². The molecule has 8 rings (SSSR count). The van der Waals surface area contributed by atoms with Crippen molar-refractivity contribution in [2.45, 2.75) is 19.3 Å². The van der Waals surface area contributed by atoms with Crippen LogP contribution in [0.3, 0.4) is 0 Å². The van der Waals surface area contributed by atoms with Crippen molar-refractivity contribution in [1.82, 2.24) is 9.55 Å². The monoisotopic (exact) mass is 450 g/mol. The Kier molecular flexibility index (Phi) is 3.47. The van der Waals surface area contributed by atoms with Gasteiger partial charge in [0.15, 0.2) is 12.0 Å². The summed E-state index contributed by atoms with van der Waals surface area (Å²) < 4.78 is 8.14. The maximum atomic E-state index is 5.71. The fourth-order valence-corrected chi connectivity index (χ4v) is 6.49. The van der Waals surface area contributed by atoms with Crippen molar-refractivity contribution in [3.63, 3.8) is 0 Å². The standard InChI is InChI=1S/C32H22N2O/c1-32(2)23-14-7-5-12-21(23)27-19-10-3-4-11-20(19)28-22-13-6-8-15-24(22)34(31(28)29(27)32)25-16-9-17-26-30(25)33-18-35-26/h3-18H,1-2H3. The lowest BCUT2D eigenvalue weighted by atomic mass is 9.80. The first-order chi connectivity index (χ1) is 17.2. The highest BCUT2D eigenvalue weighted by molar-refractivity contribution is 6.27. The van der Waals surface area contributed by atoms with Crippen molar-refractivity contribution < 1.29 is 4.42 Å². The lowest BCUT2D eigenvalue weighted by Gasteiger charge is -2.24. The predicted molar refractivity (Wildman–Crippen MR) is 143 cm³/mol. The zero-order valence-electron chi connectivity index (χ0n) is 19.5. The van der Waals surface area contributed by atoms with E-state index >= 15 is 0 Å². The number of rotatable bonds is 1. The second-order valence-electron chi connectivity index (χ2n) is 10.0. The molecule has 7 aromatic rings. The van der Waals surface area contributed by atoms with Crippen LogP contribution in [0.5, 0.6) is 0 Å². The second-order valence-corrected chi connectivity index (χ2v) is 10.0. The van der Waals surface area contributed by atoms with Gasteiger partial charge in [-0.3, -0.25) is 0 Å². The van der Waals surface area contributed by atoms with Gasteiger partial charge in [0.25, 0.3) is 0 Å². The fourth-order valence-electron chi connectivity index (χ4n) is 6.49. The Hall–Kier alpha value is -4.37. The lowest BCUT2D eigenvalue weighted by Crippen LogP contribution is -2.16. The molecule has 1 aliphatic carbocycles. The zero-order chi connectivity index (χ0) is 23.3. The van der Waals surface area contributed by atoms with E-state index in [1.165, 1.54) is 54.8 Å². The molecule has 3 nitrogen and oxygen atoms in total. The highest BCUT2D eigenvalue weighted by Crippen LogP contribution is 2.56. The summed E-state index contributed by atoms with van der Waals surface area (Å²) in [6.45, 7) is 4.73. The number of para-hydroxylation sites is 2. The molecule has 0 amide bonds. The van der Waals surface area contributed by atoms with Crippen LogP contribution >= 0.6 is 0 Å². The van der Waals surface area contributed by atoms with Crippen LogP contribution in [0.1, 0.15) is 25.0 Å². The smallest absolute Gasteiger partial charge is 0.182 e. The third-order valence-electron chi connectivity index (χ3n) is 7.90. The van der Waals surface area contributed by atoms with Gasteiger partial charge in [-0.1, -0.05) is 86.6 Å². The van der Waals surface area contributed by atoms with E-state index < -0.39 is 0 Å². The number of benzene rings is 5. The van der Waals surface area contributed by atoms with E-state index in [2.05, 4.69) is 108 Å². The molecule has 0 saturated heterocycles. The normalized spacial score (nSPS) is 14.2. The van der Waals surface area contributed by atoms with Crippen molar-refractivity contribution in [2.75, 3.05) is 0 Å². The minimum Gasteiger partial charge on any atom is -0.443 e. The van der Waals surface area contributed by atoms with E-state index in [-0.39, 0.29) is 5.41 Å². The third kappa shape index (κ3) is 2.23. The van der Waals surface area contributed by atoms with E-state index in [9.17, 15) is 0 Å². The summed E-state index contributed by atoms with van der Waals surface area (Å²) in [7, 11) is 0. The Bertz CT molecular complexity index is 1990. The Morgan fingerprint density at radius 3 is 2.37 bits per heavy atom.